The van der Waals surface area contributed by atoms with Gasteiger partial charge in [0.15, 0.2) is 5.96 Å². The summed E-state index contributed by atoms with van der Waals surface area (Å²) in [6.07, 6.45) is 4.06. The molecule has 1 amide bonds. The zero-order valence-electron chi connectivity index (χ0n) is 14.3. The molecule has 22 heavy (non-hydrogen) atoms. The Hall–Kier alpha value is -1.30. The lowest BCUT2D eigenvalue weighted by Crippen LogP contribution is -2.51. The minimum Gasteiger partial charge on any atom is -0.357 e. The second kappa shape index (κ2) is 8.36. The van der Waals surface area contributed by atoms with Crippen LogP contribution in [0.5, 0.6) is 0 Å². The molecule has 0 aromatic heterocycles. The zero-order chi connectivity index (χ0) is 15.9. The summed E-state index contributed by atoms with van der Waals surface area (Å²) < 4.78 is 0. The van der Waals surface area contributed by atoms with E-state index in [9.17, 15) is 4.79 Å². The summed E-state index contributed by atoms with van der Waals surface area (Å²) in [5.41, 5.74) is 0. The van der Waals surface area contributed by atoms with E-state index in [2.05, 4.69) is 29.5 Å². The SMILES string of the molecule is CCNC(=NCC1CCCN(C)C1)NC1CCC(=O)N(C)C1. The smallest absolute Gasteiger partial charge is 0.222 e. The molecular formula is C16H31N5O. The fourth-order valence-corrected chi connectivity index (χ4v) is 3.29. The van der Waals surface area contributed by atoms with Crippen molar-refractivity contribution < 1.29 is 4.79 Å². The lowest BCUT2D eigenvalue weighted by molar-refractivity contribution is -0.132. The van der Waals surface area contributed by atoms with Gasteiger partial charge in [-0.3, -0.25) is 9.79 Å². The van der Waals surface area contributed by atoms with E-state index in [1.165, 1.54) is 19.4 Å². The van der Waals surface area contributed by atoms with Crippen molar-refractivity contribution in [3.8, 4) is 0 Å². The minimum absolute atomic E-state index is 0.241. The molecule has 0 aromatic carbocycles. The fraction of sp³-hybridized carbons (Fsp3) is 0.875. The second-order valence-corrected chi connectivity index (χ2v) is 6.64. The van der Waals surface area contributed by atoms with E-state index >= 15 is 0 Å². The van der Waals surface area contributed by atoms with Gasteiger partial charge in [0.05, 0.1) is 0 Å². The molecule has 2 N–H and O–H groups in total. The Kier molecular flexibility index (Phi) is 6.49. The molecule has 2 heterocycles. The van der Waals surface area contributed by atoms with Crippen LogP contribution in [0.25, 0.3) is 0 Å². The Bertz CT molecular complexity index is 398. The number of nitrogens with zero attached hydrogens (tertiary/aromatic N) is 3. The first kappa shape index (κ1) is 17.1. The summed E-state index contributed by atoms with van der Waals surface area (Å²) in [4.78, 5) is 20.5. The van der Waals surface area contributed by atoms with Crippen LogP contribution < -0.4 is 10.6 Å². The normalized spacial score (nSPS) is 27.9. The topological polar surface area (TPSA) is 60.0 Å². The third-order valence-electron chi connectivity index (χ3n) is 4.54. The maximum Gasteiger partial charge on any atom is 0.222 e. The predicted octanol–water partition coefficient (Wildman–Crippen LogP) is 0.504. The summed E-state index contributed by atoms with van der Waals surface area (Å²) in [5, 5.41) is 6.82. The van der Waals surface area contributed by atoms with Crippen molar-refractivity contribution in [2.75, 3.05) is 46.8 Å². The number of carbonyl (C=O) groups is 1. The number of rotatable bonds is 4. The number of guanidine groups is 1. The summed E-state index contributed by atoms with van der Waals surface area (Å²) in [6.45, 7) is 6.93. The van der Waals surface area contributed by atoms with Crippen molar-refractivity contribution in [1.82, 2.24) is 20.4 Å². The Labute approximate surface area is 134 Å². The number of likely N-dealkylation sites (N-methyl/N-ethyl adjacent to an activating group) is 1. The molecule has 126 valence electrons. The van der Waals surface area contributed by atoms with Crippen LogP contribution in [0.15, 0.2) is 4.99 Å². The standard InChI is InChI=1S/C16H31N5O/c1-4-17-16(18-10-13-6-5-9-20(2)11-13)19-14-7-8-15(22)21(3)12-14/h13-14H,4-12H2,1-3H3,(H2,17,18,19). The van der Waals surface area contributed by atoms with E-state index in [4.69, 9.17) is 4.99 Å². The monoisotopic (exact) mass is 309 g/mol. The van der Waals surface area contributed by atoms with Crippen LogP contribution in [0.3, 0.4) is 0 Å². The second-order valence-electron chi connectivity index (χ2n) is 6.64. The van der Waals surface area contributed by atoms with Gasteiger partial charge in [0.25, 0.3) is 0 Å². The van der Waals surface area contributed by atoms with Gasteiger partial charge in [-0.25, -0.2) is 0 Å². The molecular weight excluding hydrogens is 278 g/mol. The van der Waals surface area contributed by atoms with Crippen LogP contribution in [-0.2, 0) is 4.79 Å². The van der Waals surface area contributed by atoms with E-state index in [0.29, 0.717) is 18.4 Å². The highest BCUT2D eigenvalue weighted by molar-refractivity contribution is 5.81. The van der Waals surface area contributed by atoms with Gasteiger partial charge in [0.1, 0.15) is 0 Å². The maximum absolute atomic E-state index is 11.6. The number of piperidine rings is 2. The highest BCUT2D eigenvalue weighted by atomic mass is 16.2. The van der Waals surface area contributed by atoms with Crippen molar-refractivity contribution in [2.45, 2.75) is 38.6 Å². The molecule has 0 bridgehead atoms. The molecule has 0 aromatic rings. The van der Waals surface area contributed by atoms with Crippen molar-refractivity contribution in [1.29, 1.82) is 0 Å². The number of aliphatic imine (C=N–C) groups is 1. The van der Waals surface area contributed by atoms with Crippen LogP contribution in [0.1, 0.15) is 32.6 Å². The highest BCUT2D eigenvalue weighted by Gasteiger charge is 2.23. The molecule has 2 unspecified atom stereocenters. The van der Waals surface area contributed by atoms with Gasteiger partial charge in [-0.05, 0) is 45.7 Å². The number of likely N-dealkylation sites (tertiary alicyclic amines) is 2. The number of carbonyl (C=O) groups excluding carboxylic acids is 1. The lowest BCUT2D eigenvalue weighted by atomic mass is 9.99. The molecule has 0 saturated carbocycles. The Morgan fingerprint density at radius 1 is 1.32 bits per heavy atom. The van der Waals surface area contributed by atoms with Gasteiger partial charge in [0, 0.05) is 45.7 Å². The van der Waals surface area contributed by atoms with E-state index in [1.807, 2.05) is 7.05 Å². The van der Waals surface area contributed by atoms with Crippen LogP contribution in [0.4, 0.5) is 0 Å². The maximum atomic E-state index is 11.6. The summed E-state index contributed by atoms with van der Waals surface area (Å²) in [6, 6.07) is 0.300. The van der Waals surface area contributed by atoms with Crippen LogP contribution in [0, 0.1) is 5.92 Å². The number of nitrogens with one attached hydrogen (secondary N) is 2. The van der Waals surface area contributed by atoms with Gasteiger partial charge in [-0.1, -0.05) is 0 Å². The summed E-state index contributed by atoms with van der Waals surface area (Å²) in [7, 11) is 4.06. The molecule has 0 spiro atoms. The zero-order valence-corrected chi connectivity index (χ0v) is 14.3. The van der Waals surface area contributed by atoms with Crippen molar-refractivity contribution in [3.05, 3.63) is 0 Å². The molecule has 0 radical (unpaired) electrons. The third kappa shape index (κ3) is 5.16. The van der Waals surface area contributed by atoms with E-state index < -0.39 is 0 Å². The quantitative estimate of drug-likeness (QED) is 0.587. The van der Waals surface area contributed by atoms with Gasteiger partial charge >= 0.3 is 0 Å². The molecule has 2 saturated heterocycles. The molecule has 2 rings (SSSR count). The summed E-state index contributed by atoms with van der Waals surface area (Å²) in [5.74, 6) is 1.79. The lowest BCUT2D eigenvalue weighted by Gasteiger charge is -2.31. The van der Waals surface area contributed by atoms with Gasteiger partial charge < -0.3 is 20.4 Å². The first-order valence-corrected chi connectivity index (χ1v) is 8.55. The highest BCUT2D eigenvalue weighted by Crippen LogP contribution is 2.15. The van der Waals surface area contributed by atoms with Gasteiger partial charge in [-0.15, -0.1) is 0 Å². The average molecular weight is 309 g/mol. The fourth-order valence-electron chi connectivity index (χ4n) is 3.29. The van der Waals surface area contributed by atoms with E-state index in [1.54, 1.807) is 4.90 Å². The van der Waals surface area contributed by atoms with Crippen molar-refractivity contribution in [2.24, 2.45) is 10.9 Å². The minimum atomic E-state index is 0.241. The third-order valence-corrected chi connectivity index (χ3v) is 4.54. The van der Waals surface area contributed by atoms with Crippen LogP contribution in [-0.4, -0.2) is 74.5 Å². The van der Waals surface area contributed by atoms with Crippen molar-refractivity contribution in [3.63, 3.8) is 0 Å². The molecule has 2 fully saturated rings. The predicted molar refractivity (Wildman–Crippen MR) is 90.0 cm³/mol. The average Bonchev–Trinajstić information content (AvgIpc) is 2.49. The molecule has 6 heteroatoms. The van der Waals surface area contributed by atoms with Gasteiger partial charge in [0.2, 0.25) is 5.91 Å². The number of hydrogen-bond donors (Lipinski definition) is 2. The molecule has 0 aliphatic carbocycles. The molecule has 2 atom stereocenters. The van der Waals surface area contributed by atoms with E-state index in [0.717, 1.165) is 38.6 Å². The van der Waals surface area contributed by atoms with Crippen molar-refractivity contribution >= 4 is 11.9 Å². The van der Waals surface area contributed by atoms with Gasteiger partial charge in [-0.2, -0.15) is 0 Å². The molecule has 2 aliphatic heterocycles. The Balaban J connectivity index is 1.85. The van der Waals surface area contributed by atoms with Crippen LogP contribution >= 0.6 is 0 Å². The van der Waals surface area contributed by atoms with Crippen LogP contribution in [0.2, 0.25) is 0 Å². The van der Waals surface area contributed by atoms with E-state index in [-0.39, 0.29) is 5.91 Å². The molecule has 2 aliphatic rings. The first-order chi connectivity index (χ1) is 10.6. The first-order valence-electron chi connectivity index (χ1n) is 8.55. The number of hydrogen-bond acceptors (Lipinski definition) is 3. The summed E-state index contributed by atoms with van der Waals surface area (Å²) >= 11 is 0. The Morgan fingerprint density at radius 2 is 2.14 bits per heavy atom. The largest absolute Gasteiger partial charge is 0.357 e. The molecule has 6 nitrogen and oxygen atoms in total. The Morgan fingerprint density at radius 3 is 2.82 bits per heavy atom. The number of amides is 1.